The van der Waals surface area contributed by atoms with Gasteiger partial charge in [0.25, 0.3) is 0 Å². The Labute approximate surface area is 212 Å². The van der Waals surface area contributed by atoms with Crippen LogP contribution in [0.4, 0.5) is 5.82 Å². The Bertz CT molecular complexity index is 1140. The van der Waals surface area contributed by atoms with Crippen molar-refractivity contribution in [1.82, 2.24) is 20.2 Å². The highest BCUT2D eigenvalue weighted by atomic mass is 32.1. The molecular formula is C28H37N5OS. The number of benzene rings is 1. The van der Waals surface area contributed by atoms with Crippen LogP contribution in [0.3, 0.4) is 0 Å². The fourth-order valence-electron chi connectivity index (χ4n) is 5.39. The van der Waals surface area contributed by atoms with Gasteiger partial charge in [0.05, 0.1) is 11.3 Å². The van der Waals surface area contributed by atoms with Gasteiger partial charge in [-0.15, -0.1) is 11.3 Å². The maximum Gasteiger partial charge on any atom is 0.224 e. The van der Waals surface area contributed by atoms with E-state index in [4.69, 9.17) is 0 Å². The number of aromatic nitrogens is 2. The first kappa shape index (κ1) is 24.2. The smallest absolute Gasteiger partial charge is 0.224 e. The van der Waals surface area contributed by atoms with Crippen molar-refractivity contribution in [3.05, 3.63) is 52.7 Å². The van der Waals surface area contributed by atoms with E-state index in [9.17, 15) is 4.79 Å². The van der Waals surface area contributed by atoms with Crippen LogP contribution in [-0.4, -0.2) is 53.5 Å². The molecule has 0 saturated carbocycles. The van der Waals surface area contributed by atoms with Gasteiger partial charge in [-0.25, -0.2) is 9.97 Å². The van der Waals surface area contributed by atoms with Gasteiger partial charge in [-0.2, -0.15) is 0 Å². The number of carbonyl (C=O) groups excluding carboxylic acids is 1. The van der Waals surface area contributed by atoms with E-state index < -0.39 is 0 Å². The monoisotopic (exact) mass is 491 g/mol. The van der Waals surface area contributed by atoms with Crippen LogP contribution in [0.5, 0.6) is 0 Å². The highest BCUT2D eigenvalue weighted by molar-refractivity contribution is 7.18. The van der Waals surface area contributed by atoms with Gasteiger partial charge in [-0.3, -0.25) is 9.69 Å². The molecule has 5 rings (SSSR count). The summed E-state index contributed by atoms with van der Waals surface area (Å²) in [5.74, 6) is 1.80. The van der Waals surface area contributed by atoms with Crippen molar-refractivity contribution < 1.29 is 4.79 Å². The Kier molecular flexibility index (Phi) is 7.63. The van der Waals surface area contributed by atoms with Gasteiger partial charge in [-0.05, 0) is 69.7 Å². The number of carbonyl (C=O) groups is 1. The fraction of sp³-hybridized carbons (Fsp3) is 0.536. The molecule has 1 aromatic carbocycles. The number of rotatable bonds is 7. The lowest BCUT2D eigenvalue weighted by Crippen LogP contribution is -2.45. The van der Waals surface area contributed by atoms with Crippen LogP contribution in [0.15, 0.2) is 36.7 Å². The average molecular weight is 492 g/mol. The summed E-state index contributed by atoms with van der Waals surface area (Å²) in [5, 5.41) is 4.43. The zero-order valence-corrected chi connectivity index (χ0v) is 21.8. The maximum absolute atomic E-state index is 13.1. The van der Waals surface area contributed by atoms with Crippen LogP contribution in [0, 0.1) is 18.8 Å². The third-order valence-corrected chi connectivity index (χ3v) is 8.79. The van der Waals surface area contributed by atoms with Crippen molar-refractivity contribution >= 4 is 33.3 Å². The number of nitrogens with one attached hydrogen (secondary N) is 1. The largest absolute Gasteiger partial charge is 0.356 e. The highest BCUT2D eigenvalue weighted by Gasteiger charge is 2.28. The lowest BCUT2D eigenvalue weighted by molar-refractivity contribution is -0.125. The Morgan fingerprint density at radius 2 is 1.91 bits per heavy atom. The maximum atomic E-state index is 13.1. The Morgan fingerprint density at radius 1 is 1.11 bits per heavy atom. The Morgan fingerprint density at radius 3 is 2.69 bits per heavy atom. The number of likely N-dealkylation sites (tertiary alicyclic amines) is 1. The van der Waals surface area contributed by atoms with Gasteiger partial charge in [0, 0.05) is 31.1 Å². The lowest BCUT2D eigenvalue weighted by atomic mass is 9.94. The molecule has 1 N–H and O–H groups in total. The van der Waals surface area contributed by atoms with Crippen LogP contribution < -0.4 is 10.2 Å². The van der Waals surface area contributed by atoms with Crippen LogP contribution in [0.2, 0.25) is 0 Å². The van der Waals surface area contributed by atoms with Gasteiger partial charge in [0.2, 0.25) is 5.91 Å². The van der Waals surface area contributed by atoms with Crippen LogP contribution in [0.25, 0.3) is 10.2 Å². The molecule has 2 aliphatic heterocycles. The van der Waals surface area contributed by atoms with Gasteiger partial charge < -0.3 is 10.2 Å². The summed E-state index contributed by atoms with van der Waals surface area (Å²) in [4.78, 5) is 29.4. The van der Waals surface area contributed by atoms with E-state index in [1.54, 1.807) is 17.7 Å². The summed E-state index contributed by atoms with van der Waals surface area (Å²) in [6.45, 7) is 10.0. The number of fused-ring (bicyclic) bond motifs is 1. The first-order chi connectivity index (χ1) is 17.1. The SMILES string of the molecule is CCc1cc2c(N3CCCC(C(=O)NCC4CCN(Cc5ccc(C)cc5)CC4)C3)ncnc2s1. The summed E-state index contributed by atoms with van der Waals surface area (Å²) in [7, 11) is 0. The molecule has 2 fully saturated rings. The summed E-state index contributed by atoms with van der Waals surface area (Å²) in [6, 6.07) is 11.1. The van der Waals surface area contributed by atoms with Crippen molar-refractivity contribution in [2.45, 2.75) is 52.5 Å². The predicted octanol–water partition coefficient (Wildman–Crippen LogP) is 4.81. The number of aryl methyl sites for hydroxylation is 2. The van der Waals surface area contributed by atoms with Crippen molar-refractivity contribution in [2.24, 2.45) is 11.8 Å². The molecule has 3 aromatic rings. The van der Waals surface area contributed by atoms with E-state index in [1.165, 1.54) is 16.0 Å². The number of hydrogen-bond donors (Lipinski definition) is 1. The van der Waals surface area contributed by atoms with Crippen LogP contribution >= 0.6 is 11.3 Å². The number of anilines is 1. The number of piperidine rings is 2. The summed E-state index contributed by atoms with van der Waals surface area (Å²) < 4.78 is 0. The lowest BCUT2D eigenvalue weighted by Gasteiger charge is -2.34. The minimum Gasteiger partial charge on any atom is -0.356 e. The molecule has 0 bridgehead atoms. The second kappa shape index (κ2) is 11.0. The van der Waals surface area contributed by atoms with E-state index in [-0.39, 0.29) is 11.8 Å². The first-order valence-electron chi connectivity index (χ1n) is 13.1. The van der Waals surface area contributed by atoms with E-state index in [0.717, 1.165) is 87.4 Å². The van der Waals surface area contributed by atoms with Crippen molar-refractivity contribution in [1.29, 1.82) is 0 Å². The van der Waals surface area contributed by atoms with Gasteiger partial charge in [-0.1, -0.05) is 36.8 Å². The first-order valence-corrected chi connectivity index (χ1v) is 13.9. The topological polar surface area (TPSA) is 61.4 Å². The molecule has 4 heterocycles. The molecule has 1 amide bonds. The van der Waals surface area contributed by atoms with Gasteiger partial charge in [0.1, 0.15) is 17.0 Å². The molecule has 6 nitrogen and oxygen atoms in total. The molecule has 35 heavy (non-hydrogen) atoms. The molecular weight excluding hydrogens is 454 g/mol. The van der Waals surface area contributed by atoms with E-state index in [2.05, 4.69) is 69.3 Å². The average Bonchev–Trinajstić information content (AvgIpc) is 3.33. The van der Waals surface area contributed by atoms with Crippen LogP contribution in [0.1, 0.15) is 48.6 Å². The summed E-state index contributed by atoms with van der Waals surface area (Å²) >= 11 is 1.75. The molecule has 2 saturated heterocycles. The number of amides is 1. The second-order valence-electron chi connectivity index (χ2n) is 10.2. The second-order valence-corrected chi connectivity index (χ2v) is 11.3. The Balaban J connectivity index is 1.11. The third kappa shape index (κ3) is 5.84. The number of thiophene rings is 1. The predicted molar refractivity (Wildman–Crippen MR) is 144 cm³/mol. The molecule has 0 radical (unpaired) electrons. The quantitative estimate of drug-likeness (QED) is 0.514. The highest BCUT2D eigenvalue weighted by Crippen LogP contribution is 2.32. The third-order valence-electron chi connectivity index (χ3n) is 7.60. The van der Waals surface area contributed by atoms with Crippen molar-refractivity contribution in [3.63, 3.8) is 0 Å². The molecule has 1 atom stereocenters. The van der Waals surface area contributed by atoms with Crippen molar-refractivity contribution in [3.8, 4) is 0 Å². The fourth-order valence-corrected chi connectivity index (χ4v) is 6.32. The molecule has 186 valence electrons. The Hall–Kier alpha value is -2.51. The summed E-state index contributed by atoms with van der Waals surface area (Å²) in [5.41, 5.74) is 2.70. The minimum atomic E-state index is 0.0275. The van der Waals surface area contributed by atoms with Gasteiger partial charge in [0.15, 0.2) is 0 Å². The number of hydrogen-bond acceptors (Lipinski definition) is 6. The van der Waals surface area contributed by atoms with E-state index >= 15 is 0 Å². The minimum absolute atomic E-state index is 0.0275. The molecule has 2 aromatic heterocycles. The van der Waals surface area contributed by atoms with E-state index in [1.807, 2.05) is 0 Å². The van der Waals surface area contributed by atoms with Crippen molar-refractivity contribution in [2.75, 3.05) is 37.6 Å². The standard InChI is InChI=1S/C28H37N5OS/c1-3-24-15-25-26(30-19-31-28(25)35-24)33-12-4-5-23(18-33)27(34)29-16-21-10-13-32(14-11-21)17-22-8-6-20(2)7-9-22/h6-9,15,19,21,23H,3-5,10-14,16-18H2,1-2H3,(H,29,34). The van der Waals surface area contributed by atoms with Gasteiger partial charge >= 0.3 is 0 Å². The molecule has 0 spiro atoms. The summed E-state index contributed by atoms with van der Waals surface area (Å²) in [6.07, 6.45) is 6.96. The number of nitrogens with zero attached hydrogens (tertiary/aromatic N) is 4. The normalized spacial score (nSPS) is 19.8. The van der Waals surface area contributed by atoms with Crippen LogP contribution in [-0.2, 0) is 17.8 Å². The molecule has 2 aliphatic rings. The molecule has 1 unspecified atom stereocenters. The molecule has 0 aliphatic carbocycles. The van der Waals surface area contributed by atoms with E-state index in [0.29, 0.717) is 5.92 Å². The zero-order valence-electron chi connectivity index (χ0n) is 21.0. The molecule has 7 heteroatoms. The zero-order chi connectivity index (χ0) is 24.2.